The molecular weight excluding hydrogens is 180 g/mol. The normalized spacial score (nSPS) is 24.4. The van der Waals surface area contributed by atoms with Gasteiger partial charge in [0.15, 0.2) is 0 Å². The quantitative estimate of drug-likeness (QED) is 0.631. The summed E-state index contributed by atoms with van der Waals surface area (Å²) in [6.45, 7) is 2.46. The van der Waals surface area contributed by atoms with Gasteiger partial charge in [0.2, 0.25) is 5.91 Å². The molecule has 2 aliphatic heterocycles. The average Bonchev–Trinajstić information content (AvgIpc) is 2.48. The first-order chi connectivity index (χ1) is 6.66. The molecule has 0 aliphatic carbocycles. The predicted octanol–water partition coefficient (Wildman–Crippen LogP) is -0.201. The van der Waals surface area contributed by atoms with Crippen LogP contribution >= 0.6 is 0 Å². The molecule has 0 bridgehead atoms. The lowest BCUT2D eigenvalue weighted by atomic mass is 10.1. The maximum Gasteiger partial charge on any atom is 0.248 e. The molecule has 2 aliphatic rings. The fourth-order valence-electron chi connectivity index (χ4n) is 1.96. The molecule has 1 N–H and O–H groups in total. The van der Waals surface area contributed by atoms with Crippen LogP contribution in [0.5, 0.6) is 0 Å². The highest BCUT2D eigenvalue weighted by atomic mass is 16.3. The number of piperidine rings is 1. The maximum atomic E-state index is 11.3. The van der Waals surface area contributed by atoms with Crippen molar-refractivity contribution in [2.75, 3.05) is 26.7 Å². The minimum atomic E-state index is -0.151. The van der Waals surface area contributed by atoms with E-state index in [0.717, 1.165) is 38.2 Å². The van der Waals surface area contributed by atoms with Crippen LogP contribution in [0, 0.1) is 0 Å². The molecule has 1 saturated heterocycles. The first-order valence-electron chi connectivity index (χ1n) is 5.05. The Bertz CT molecular complexity index is 267. The monoisotopic (exact) mass is 196 g/mol. The number of carbonyl (C=O) groups excluding carboxylic acids is 1. The van der Waals surface area contributed by atoms with Gasteiger partial charge in [-0.3, -0.25) is 4.79 Å². The SMILES string of the molecule is CN1CC(N2CCC(O)CC2)=CC1=O. The number of amides is 1. The van der Waals surface area contributed by atoms with Crippen LogP contribution in [0.1, 0.15) is 12.8 Å². The second kappa shape index (κ2) is 3.61. The molecule has 4 nitrogen and oxygen atoms in total. The Morgan fingerprint density at radius 1 is 1.43 bits per heavy atom. The number of likely N-dealkylation sites (tertiary alicyclic amines) is 1. The van der Waals surface area contributed by atoms with Crippen molar-refractivity contribution in [2.45, 2.75) is 18.9 Å². The Hall–Kier alpha value is -1.03. The zero-order valence-electron chi connectivity index (χ0n) is 8.44. The van der Waals surface area contributed by atoms with Crippen molar-refractivity contribution < 1.29 is 9.90 Å². The van der Waals surface area contributed by atoms with E-state index >= 15 is 0 Å². The molecule has 2 rings (SSSR count). The number of hydrogen-bond acceptors (Lipinski definition) is 3. The fraction of sp³-hybridized carbons (Fsp3) is 0.700. The highest BCUT2D eigenvalue weighted by Gasteiger charge is 2.25. The molecule has 0 aromatic rings. The predicted molar refractivity (Wildman–Crippen MR) is 52.5 cm³/mol. The molecule has 78 valence electrons. The molecule has 0 spiro atoms. The summed E-state index contributed by atoms with van der Waals surface area (Å²) in [7, 11) is 1.81. The van der Waals surface area contributed by atoms with E-state index in [0.29, 0.717) is 0 Å². The van der Waals surface area contributed by atoms with Gasteiger partial charge in [-0.05, 0) is 12.8 Å². The number of rotatable bonds is 1. The van der Waals surface area contributed by atoms with Gasteiger partial charge in [-0.2, -0.15) is 0 Å². The molecule has 0 aromatic heterocycles. The van der Waals surface area contributed by atoms with Crippen LogP contribution < -0.4 is 0 Å². The molecule has 1 amide bonds. The summed E-state index contributed by atoms with van der Waals surface area (Å²) in [6, 6.07) is 0. The number of likely N-dealkylation sites (N-methyl/N-ethyl adjacent to an activating group) is 1. The van der Waals surface area contributed by atoms with Crippen molar-refractivity contribution in [3.63, 3.8) is 0 Å². The summed E-state index contributed by atoms with van der Waals surface area (Å²) in [5, 5.41) is 9.35. The van der Waals surface area contributed by atoms with Crippen LogP contribution in [-0.2, 0) is 4.79 Å². The van der Waals surface area contributed by atoms with Gasteiger partial charge in [0, 0.05) is 31.9 Å². The minimum Gasteiger partial charge on any atom is -0.393 e. The minimum absolute atomic E-state index is 0.0890. The number of nitrogens with zero attached hydrogens (tertiary/aromatic N) is 2. The second-order valence-electron chi connectivity index (χ2n) is 4.05. The lowest BCUT2D eigenvalue weighted by molar-refractivity contribution is -0.123. The molecule has 0 unspecified atom stereocenters. The topological polar surface area (TPSA) is 43.8 Å². The molecule has 0 atom stereocenters. The molecule has 2 heterocycles. The molecular formula is C10H16N2O2. The number of aliphatic hydroxyl groups excluding tert-OH is 1. The fourth-order valence-corrected chi connectivity index (χ4v) is 1.96. The summed E-state index contributed by atoms with van der Waals surface area (Å²) in [5.41, 5.74) is 1.10. The van der Waals surface area contributed by atoms with Gasteiger partial charge >= 0.3 is 0 Å². The Balaban J connectivity index is 1.97. The van der Waals surface area contributed by atoms with E-state index in [-0.39, 0.29) is 12.0 Å². The van der Waals surface area contributed by atoms with Crippen LogP contribution in [0.4, 0.5) is 0 Å². The third kappa shape index (κ3) is 1.75. The highest BCUT2D eigenvalue weighted by Crippen LogP contribution is 2.19. The van der Waals surface area contributed by atoms with E-state index in [2.05, 4.69) is 4.90 Å². The van der Waals surface area contributed by atoms with E-state index < -0.39 is 0 Å². The third-order valence-corrected chi connectivity index (χ3v) is 2.94. The first kappa shape index (κ1) is 9.52. The zero-order valence-corrected chi connectivity index (χ0v) is 8.44. The van der Waals surface area contributed by atoms with Crippen molar-refractivity contribution in [3.05, 3.63) is 11.8 Å². The zero-order chi connectivity index (χ0) is 10.1. The Kier molecular flexibility index (Phi) is 2.46. The summed E-state index contributed by atoms with van der Waals surface area (Å²) in [5.74, 6) is 0.0890. The molecule has 4 heteroatoms. The average molecular weight is 196 g/mol. The molecule has 14 heavy (non-hydrogen) atoms. The van der Waals surface area contributed by atoms with Crippen molar-refractivity contribution in [1.29, 1.82) is 0 Å². The lowest BCUT2D eigenvalue weighted by Gasteiger charge is -2.32. The molecule has 0 radical (unpaired) electrons. The van der Waals surface area contributed by atoms with Crippen LogP contribution in [0.15, 0.2) is 11.8 Å². The van der Waals surface area contributed by atoms with Crippen LogP contribution in [-0.4, -0.2) is 53.6 Å². The molecule has 0 saturated carbocycles. The summed E-state index contributed by atoms with van der Waals surface area (Å²) in [6.07, 6.45) is 3.18. The van der Waals surface area contributed by atoms with Gasteiger partial charge in [-0.1, -0.05) is 0 Å². The summed E-state index contributed by atoms with van der Waals surface area (Å²) >= 11 is 0. The van der Waals surface area contributed by atoms with E-state index in [9.17, 15) is 9.90 Å². The van der Waals surface area contributed by atoms with Crippen LogP contribution in [0.2, 0.25) is 0 Å². The molecule has 1 fully saturated rings. The number of carbonyl (C=O) groups is 1. The summed E-state index contributed by atoms with van der Waals surface area (Å²) < 4.78 is 0. The van der Waals surface area contributed by atoms with E-state index in [1.807, 2.05) is 7.05 Å². The van der Waals surface area contributed by atoms with Gasteiger partial charge in [0.1, 0.15) is 0 Å². The smallest absolute Gasteiger partial charge is 0.248 e. The summed E-state index contributed by atoms with van der Waals surface area (Å²) in [4.78, 5) is 15.2. The lowest BCUT2D eigenvalue weighted by Crippen LogP contribution is -2.36. The van der Waals surface area contributed by atoms with Gasteiger partial charge in [0.05, 0.1) is 12.6 Å². The van der Waals surface area contributed by atoms with E-state index in [4.69, 9.17) is 0 Å². The van der Waals surface area contributed by atoms with Crippen LogP contribution in [0.25, 0.3) is 0 Å². The number of hydrogen-bond donors (Lipinski definition) is 1. The highest BCUT2D eigenvalue weighted by molar-refractivity contribution is 5.90. The Morgan fingerprint density at radius 3 is 2.57 bits per heavy atom. The van der Waals surface area contributed by atoms with Crippen molar-refractivity contribution in [1.82, 2.24) is 9.80 Å². The van der Waals surface area contributed by atoms with Gasteiger partial charge in [-0.25, -0.2) is 0 Å². The molecule has 0 aromatic carbocycles. The maximum absolute atomic E-state index is 11.3. The van der Waals surface area contributed by atoms with Gasteiger partial charge in [-0.15, -0.1) is 0 Å². The Labute approximate surface area is 83.8 Å². The largest absolute Gasteiger partial charge is 0.393 e. The van der Waals surface area contributed by atoms with Crippen molar-refractivity contribution >= 4 is 5.91 Å². The second-order valence-corrected chi connectivity index (χ2v) is 4.05. The number of aliphatic hydroxyl groups is 1. The van der Waals surface area contributed by atoms with Crippen molar-refractivity contribution in [2.24, 2.45) is 0 Å². The Morgan fingerprint density at radius 2 is 2.07 bits per heavy atom. The standard InChI is InChI=1S/C10H16N2O2/c1-11-7-8(6-10(11)14)12-4-2-9(13)3-5-12/h6,9,13H,2-5,7H2,1H3. The van der Waals surface area contributed by atoms with E-state index in [1.54, 1.807) is 11.0 Å². The third-order valence-electron chi connectivity index (χ3n) is 2.94. The first-order valence-corrected chi connectivity index (χ1v) is 5.05. The van der Waals surface area contributed by atoms with Crippen molar-refractivity contribution in [3.8, 4) is 0 Å². The van der Waals surface area contributed by atoms with Gasteiger partial charge in [0.25, 0.3) is 0 Å². The van der Waals surface area contributed by atoms with Crippen LogP contribution in [0.3, 0.4) is 0 Å². The van der Waals surface area contributed by atoms with E-state index in [1.165, 1.54) is 0 Å². The van der Waals surface area contributed by atoms with Gasteiger partial charge < -0.3 is 14.9 Å².